The van der Waals surface area contributed by atoms with Gasteiger partial charge in [-0.05, 0) is 98.2 Å². The van der Waals surface area contributed by atoms with Gasteiger partial charge in [-0.2, -0.15) is 0 Å². The molecular weight excluding hydrogens is 673 g/mol. The highest BCUT2D eigenvalue weighted by atomic mass is 127. The highest BCUT2D eigenvalue weighted by Crippen LogP contribution is 2.38. The monoisotopic (exact) mass is 685 g/mol. The molecule has 1 aliphatic heterocycles. The van der Waals surface area contributed by atoms with Crippen LogP contribution in [0.1, 0.15) is 21.5 Å². The van der Waals surface area contributed by atoms with E-state index < -0.39 is 5.97 Å². The molecule has 172 valence electrons. The van der Waals surface area contributed by atoms with Gasteiger partial charge in [0.1, 0.15) is 12.4 Å². The van der Waals surface area contributed by atoms with E-state index >= 15 is 0 Å². The van der Waals surface area contributed by atoms with Crippen molar-refractivity contribution >= 4 is 102 Å². The van der Waals surface area contributed by atoms with Gasteiger partial charge in [-0.3, -0.25) is 9.69 Å². The molecular formula is C24H14BrClINO4S2. The first-order valence-corrected chi connectivity index (χ1v) is 13.2. The summed E-state index contributed by atoms with van der Waals surface area (Å²) in [7, 11) is 0. The van der Waals surface area contributed by atoms with E-state index in [4.69, 9.17) is 33.7 Å². The van der Waals surface area contributed by atoms with Gasteiger partial charge in [0.25, 0.3) is 5.91 Å². The molecule has 1 saturated heterocycles. The van der Waals surface area contributed by atoms with E-state index in [1.54, 1.807) is 48.5 Å². The molecule has 0 radical (unpaired) electrons. The molecule has 10 heteroatoms. The lowest BCUT2D eigenvalue weighted by molar-refractivity contribution is -0.113. The number of carbonyl (C=O) groups is 2. The maximum Gasteiger partial charge on any atom is 0.335 e. The second kappa shape index (κ2) is 10.8. The molecule has 0 unspecified atom stereocenters. The van der Waals surface area contributed by atoms with Crippen molar-refractivity contribution in [3.05, 3.63) is 95.3 Å². The Hall–Kier alpha value is -1.92. The van der Waals surface area contributed by atoms with Crippen LogP contribution in [-0.2, 0) is 11.4 Å². The van der Waals surface area contributed by atoms with Crippen molar-refractivity contribution in [2.75, 3.05) is 4.90 Å². The summed E-state index contributed by atoms with van der Waals surface area (Å²) in [5, 5.41) is 9.49. The molecule has 1 N–H and O–H groups in total. The fourth-order valence-corrected chi connectivity index (χ4v) is 5.51. The van der Waals surface area contributed by atoms with Gasteiger partial charge in [-0.25, -0.2) is 4.79 Å². The third kappa shape index (κ3) is 5.65. The minimum Gasteiger partial charge on any atom is -0.488 e. The van der Waals surface area contributed by atoms with E-state index in [0.29, 0.717) is 32.3 Å². The standard InChI is InChI=1S/C24H14BrClINO4S2/c25-17-7-6-16(11-18(17)26)28-22(29)21(34-24(28)33)10-14-3-8-20(19(27)9-14)32-12-13-1-4-15(5-2-13)23(30)31/h1-11H,12H2,(H,30,31)/b21-10+. The van der Waals surface area contributed by atoms with Crippen LogP contribution >= 0.6 is 74.1 Å². The molecule has 0 aliphatic carbocycles. The molecule has 3 aromatic carbocycles. The molecule has 1 heterocycles. The van der Waals surface area contributed by atoms with Crippen molar-refractivity contribution in [3.63, 3.8) is 0 Å². The number of aromatic carboxylic acids is 1. The zero-order chi connectivity index (χ0) is 24.4. The number of thiocarbonyl (C=S) groups is 1. The normalized spacial score (nSPS) is 14.7. The van der Waals surface area contributed by atoms with Gasteiger partial charge >= 0.3 is 5.97 Å². The van der Waals surface area contributed by atoms with Gasteiger partial charge in [0.2, 0.25) is 0 Å². The van der Waals surface area contributed by atoms with Crippen molar-refractivity contribution in [3.8, 4) is 5.75 Å². The van der Waals surface area contributed by atoms with Crippen LogP contribution in [0.25, 0.3) is 6.08 Å². The number of hydrogen-bond donors (Lipinski definition) is 1. The van der Waals surface area contributed by atoms with Crippen LogP contribution in [0.4, 0.5) is 5.69 Å². The van der Waals surface area contributed by atoms with Gasteiger partial charge in [0.15, 0.2) is 4.32 Å². The maximum absolute atomic E-state index is 13.0. The van der Waals surface area contributed by atoms with Crippen LogP contribution in [-0.4, -0.2) is 21.3 Å². The molecule has 34 heavy (non-hydrogen) atoms. The lowest BCUT2D eigenvalue weighted by Crippen LogP contribution is -2.27. The van der Waals surface area contributed by atoms with Gasteiger partial charge in [-0.1, -0.05) is 53.8 Å². The predicted molar refractivity (Wildman–Crippen MR) is 152 cm³/mol. The first-order chi connectivity index (χ1) is 16.2. The number of rotatable bonds is 6. The molecule has 0 saturated carbocycles. The molecule has 0 spiro atoms. The Morgan fingerprint density at radius 3 is 2.56 bits per heavy atom. The number of carbonyl (C=O) groups excluding carboxylic acids is 1. The smallest absolute Gasteiger partial charge is 0.335 e. The van der Waals surface area contributed by atoms with E-state index in [-0.39, 0.29) is 11.5 Å². The quantitative estimate of drug-likeness (QED) is 0.166. The highest BCUT2D eigenvalue weighted by molar-refractivity contribution is 14.1. The predicted octanol–water partition coefficient (Wildman–Crippen LogP) is 7.39. The Kier molecular flexibility index (Phi) is 7.98. The molecule has 1 amide bonds. The van der Waals surface area contributed by atoms with Gasteiger partial charge in [0, 0.05) is 4.47 Å². The largest absolute Gasteiger partial charge is 0.488 e. The summed E-state index contributed by atoms with van der Waals surface area (Å²) in [5.74, 6) is -0.471. The average Bonchev–Trinajstić information content (AvgIpc) is 3.08. The summed E-state index contributed by atoms with van der Waals surface area (Å²) in [5.41, 5.74) is 2.56. The minimum absolute atomic E-state index is 0.200. The van der Waals surface area contributed by atoms with Crippen molar-refractivity contribution in [1.82, 2.24) is 0 Å². The Balaban J connectivity index is 1.47. The molecule has 0 atom stereocenters. The second-order valence-electron chi connectivity index (χ2n) is 7.10. The summed E-state index contributed by atoms with van der Waals surface area (Å²) in [6.07, 6.45) is 1.80. The van der Waals surface area contributed by atoms with E-state index in [1.165, 1.54) is 16.7 Å². The Labute approximate surface area is 232 Å². The van der Waals surface area contributed by atoms with Crippen LogP contribution < -0.4 is 9.64 Å². The molecule has 4 rings (SSSR count). The first-order valence-electron chi connectivity index (χ1n) is 9.70. The van der Waals surface area contributed by atoms with Gasteiger partial charge in [-0.15, -0.1) is 0 Å². The number of halogens is 3. The number of carboxylic acids is 1. The number of ether oxygens (including phenoxy) is 1. The number of amides is 1. The number of benzene rings is 3. The van der Waals surface area contributed by atoms with Crippen molar-refractivity contribution < 1.29 is 19.4 Å². The number of hydrogen-bond acceptors (Lipinski definition) is 5. The Bertz CT molecular complexity index is 1350. The lowest BCUT2D eigenvalue weighted by atomic mass is 10.1. The summed E-state index contributed by atoms with van der Waals surface area (Å²) < 4.78 is 7.95. The van der Waals surface area contributed by atoms with Gasteiger partial charge in [0.05, 0.1) is 24.7 Å². The van der Waals surface area contributed by atoms with Crippen molar-refractivity contribution in [1.29, 1.82) is 0 Å². The van der Waals surface area contributed by atoms with Crippen LogP contribution in [0.15, 0.2) is 70.0 Å². The number of carboxylic acid groups (broad SMARTS) is 1. The molecule has 0 bridgehead atoms. The highest BCUT2D eigenvalue weighted by Gasteiger charge is 2.33. The number of nitrogens with zero attached hydrogens (tertiary/aromatic N) is 1. The SMILES string of the molecule is O=C(O)c1ccc(COc2ccc(/C=C3/SC(=S)N(c4ccc(Br)c(Cl)c4)C3=O)cc2I)cc1. The fourth-order valence-electron chi connectivity index (χ4n) is 3.09. The number of thioether (sulfide) groups is 1. The van der Waals surface area contributed by atoms with Crippen LogP contribution in [0, 0.1) is 3.57 Å². The summed E-state index contributed by atoms with van der Waals surface area (Å²) in [6, 6.07) is 17.5. The first kappa shape index (κ1) is 25.2. The summed E-state index contributed by atoms with van der Waals surface area (Å²) >= 11 is 18.4. The van der Waals surface area contributed by atoms with Crippen molar-refractivity contribution in [2.45, 2.75) is 6.61 Å². The topological polar surface area (TPSA) is 66.8 Å². The third-order valence-corrected chi connectivity index (χ3v) is 8.18. The number of anilines is 1. The minimum atomic E-state index is -0.963. The van der Waals surface area contributed by atoms with E-state index in [9.17, 15) is 9.59 Å². The van der Waals surface area contributed by atoms with Crippen molar-refractivity contribution in [2.24, 2.45) is 0 Å². The second-order valence-corrected chi connectivity index (χ2v) is 11.2. The fraction of sp³-hybridized carbons (Fsp3) is 0.0417. The molecule has 1 aliphatic rings. The molecule has 1 fully saturated rings. The van der Waals surface area contributed by atoms with Crippen LogP contribution in [0.3, 0.4) is 0 Å². The van der Waals surface area contributed by atoms with Crippen LogP contribution in [0.2, 0.25) is 5.02 Å². The van der Waals surface area contributed by atoms with E-state index in [1.807, 2.05) is 18.2 Å². The summed E-state index contributed by atoms with van der Waals surface area (Å²) in [4.78, 5) is 26.0. The van der Waals surface area contributed by atoms with E-state index in [2.05, 4.69) is 38.5 Å². The lowest BCUT2D eigenvalue weighted by Gasteiger charge is -2.15. The van der Waals surface area contributed by atoms with Crippen LogP contribution in [0.5, 0.6) is 5.75 Å². The zero-order valence-electron chi connectivity index (χ0n) is 17.1. The molecule has 0 aromatic heterocycles. The summed E-state index contributed by atoms with van der Waals surface area (Å²) in [6.45, 7) is 0.309. The Morgan fingerprint density at radius 2 is 1.91 bits per heavy atom. The molecule has 5 nitrogen and oxygen atoms in total. The molecule has 3 aromatic rings. The average molecular weight is 687 g/mol. The third-order valence-electron chi connectivity index (χ3n) is 4.80. The zero-order valence-corrected chi connectivity index (χ0v) is 23.3. The Morgan fingerprint density at radius 1 is 1.18 bits per heavy atom. The van der Waals surface area contributed by atoms with Gasteiger partial charge < -0.3 is 9.84 Å². The van der Waals surface area contributed by atoms with E-state index in [0.717, 1.165) is 19.2 Å². The maximum atomic E-state index is 13.0.